The molecule has 0 saturated carbocycles. The van der Waals surface area contributed by atoms with E-state index in [1.807, 2.05) is 84.9 Å². The van der Waals surface area contributed by atoms with Gasteiger partial charge in [0.25, 0.3) is 0 Å². The summed E-state index contributed by atoms with van der Waals surface area (Å²) in [6.07, 6.45) is 1.65. The van der Waals surface area contributed by atoms with E-state index in [2.05, 4.69) is 34.4 Å². The summed E-state index contributed by atoms with van der Waals surface area (Å²) in [5, 5.41) is 3.97. The monoisotopic (exact) mass is 504 g/mol. The van der Waals surface area contributed by atoms with Crippen LogP contribution in [0, 0.1) is 0 Å². The van der Waals surface area contributed by atoms with Crippen LogP contribution in [0.5, 0.6) is 0 Å². The van der Waals surface area contributed by atoms with Gasteiger partial charge in [-0.2, -0.15) is 0 Å². The Hall–Kier alpha value is -2.78. The van der Waals surface area contributed by atoms with Gasteiger partial charge in [0.2, 0.25) is 0 Å². The molecular formula is C29H26Cl2N2S. The quantitative estimate of drug-likeness (QED) is 0.203. The van der Waals surface area contributed by atoms with Crippen molar-refractivity contribution in [2.75, 3.05) is 0 Å². The van der Waals surface area contributed by atoms with E-state index >= 15 is 0 Å². The largest absolute Gasteiger partial charge is 0.324 e. The second-order valence-corrected chi connectivity index (χ2v) is 8.88. The number of isothiocyanates is 1. The molecule has 0 heterocycles. The van der Waals surface area contributed by atoms with Crippen LogP contribution < -0.4 is 5.73 Å². The maximum atomic E-state index is 6.13. The molecule has 0 aliphatic rings. The predicted molar refractivity (Wildman–Crippen MR) is 148 cm³/mol. The fourth-order valence-electron chi connectivity index (χ4n) is 3.52. The van der Waals surface area contributed by atoms with Gasteiger partial charge in [-0.15, -0.1) is 0 Å². The van der Waals surface area contributed by atoms with Crippen LogP contribution in [0.25, 0.3) is 0 Å². The molecule has 2 nitrogen and oxygen atoms in total. The first-order valence-electron chi connectivity index (χ1n) is 11.0. The average molecular weight is 506 g/mol. The molecule has 4 aromatic rings. The fraction of sp³-hybridized carbons (Fsp3) is 0.138. The smallest absolute Gasteiger partial charge is 0.0892 e. The molecular weight excluding hydrogens is 479 g/mol. The van der Waals surface area contributed by atoms with Gasteiger partial charge in [-0.3, -0.25) is 0 Å². The molecule has 0 aromatic heterocycles. The normalized spacial score (nSPS) is 12.0. The van der Waals surface area contributed by atoms with E-state index in [9.17, 15) is 0 Å². The van der Waals surface area contributed by atoms with Crippen LogP contribution in [-0.4, -0.2) is 5.16 Å². The molecule has 0 saturated heterocycles. The minimum atomic E-state index is 0.0184. The lowest BCUT2D eigenvalue weighted by molar-refractivity contribution is 0.722. The summed E-state index contributed by atoms with van der Waals surface area (Å²) >= 11 is 16.4. The third kappa shape index (κ3) is 8.53. The highest BCUT2D eigenvalue weighted by Crippen LogP contribution is 2.23. The van der Waals surface area contributed by atoms with Gasteiger partial charge in [-0.05, 0) is 71.6 Å². The number of rotatable bonds is 7. The molecule has 0 amide bonds. The van der Waals surface area contributed by atoms with Crippen LogP contribution in [-0.2, 0) is 12.8 Å². The van der Waals surface area contributed by atoms with Crippen LogP contribution in [0.1, 0.15) is 34.3 Å². The molecule has 0 aliphatic heterocycles. The maximum absolute atomic E-state index is 6.13. The van der Waals surface area contributed by atoms with Crippen molar-refractivity contribution >= 4 is 40.6 Å². The van der Waals surface area contributed by atoms with E-state index in [4.69, 9.17) is 41.2 Å². The van der Waals surface area contributed by atoms with Crippen LogP contribution in [0.2, 0.25) is 10.0 Å². The van der Waals surface area contributed by atoms with Gasteiger partial charge in [0.1, 0.15) is 0 Å². The second-order valence-electron chi connectivity index (χ2n) is 7.83. The lowest BCUT2D eigenvalue weighted by Crippen LogP contribution is -2.13. The Labute approximate surface area is 217 Å². The summed E-state index contributed by atoms with van der Waals surface area (Å²) in [4.78, 5) is 4.24. The first-order valence-corrected chi connectivity index (χ1v) is 12.1. The number of halogens is 2. The van der Waals surface area contributed by atoms with Crippen LogP contribution in [0.3, 0.4) is 0 Å². The minimum absolute atomic E-state index is 0.0184. The van der Waals surface area contributed by atoms with Crippen molar-refractivity contribution < 1.29 is 0 Å². The average Bonchev–Trinajstić information content (AvgIpc) is 2.87. The number of nitrogens with zero attached hydrogens (tertiary/aromatic N) is 1. The lowest BCUT2D eigenvalue weighted by Gasteiger charge is -2.12. The van der Waals surface area contributed by atoms with Crippen LogP contribution in [0.15, 0.2) is 114 Å². The van der Waals surface area contributed by atoms with E-state index in [0.29, 0.717) is 0 Å². The molecule has 0 fully saturated rings. The van der Waals surface area contributed by atoms with E-state index < -0.39 is 0 Å². The molecule has 0 bridgehead atoms. The second kappa shape index (κ2) is 13.8. The number of thiocarbonyl (C=S) groups is 1. The van der Waals surface area contributed by atoms with E-state index in [1.165, 1.54) is 11.1 Å². The van der Waals surface area contributed by atoms with E-state index in [0.717, 1.165) is 34.0 Å². The summed E-state index contributed by atoms with van der Waals surface area (Å²) in [5.41, 5.74) is 10.8. The van der Waals surface area contributed by atoms with E-state index in [1.54, 1.807) is 0 Å². The highest BCUT2D eigenvalue weighted by molar-refractivity contribution is 7.78. The van der Waals surface area contributed by atoms with Crippen molar-refractivity contribution in [2.24, 2.45) is 10.7 Å². The van der Waals surface area contributed by atoms with Crippen LogP contribution >= 0.6 is 35.4 Å². The number of hydrogen-bond acceptors (Lipinski definition) is 3. The minimum Gasteiger partial charge on any atom is -0.324 e. The molecule has 0 spiro atoms. The number of aliphatic imine (C=N–C) groups is 1. The van der Waals surface area contributed by atoms with Crippen molar-refractivity contribution in [2.45, 2.75) is 24.9 Å². The summed E-state index contributed by atoms with van der Waals surface area (Å²) in [7, 11) is 0. The standard InChI is InChI=1S/C15H12ClNS.C14H14ClN/c16-14-8-6-12(7-9-14)10-15(17-11-18)13-4-2-1-3-5-13;15-13-8-6-12(7-9-13)14(16)10-11-4-2-1-3-5-11/h1-9,15H,10H2;1-9,14H,10,16H2. The Kier molecular flexibility index (Phi) is 10.5. The zero-order chi connectivity index (χ0) is 24.2. The summed E-state index contributed by atoms with van der Waals surface area (Å²) in [6, 6.07) is 35.9. The highest BCUT2D eigenvalue weighted by Gasteiger charge is 2.10. The molecule has 2 N–H and O–H groups in total. The Balaban J connectivity index is 0.000000192. The third-order valence-corrected chi connectivity index (χ3v) is 5.94. The van der Waals surface area contributed by atoms with Crippen molar-refractivity contribution in [3.8, 4) is 0 Å². The summed E-state index contributed by atoms with van der Waals surface area (Å²) < 4.78 is 0. The Morgan fingerprint density at radius 1 is 0.647 bits per heavy atom. The Bertz CT molecular complexity index is 1170. The maximum Gasteiger partial charge on any atom is 0.0892 e. The molecule has 4 aromatic carbocycles. The molecule has 2 unspecified atom stereocenters. The first-order chi connectivity index (χ1) is 16.5. The number of nitrogens with two attached hydrogens (primary N) is 1. The molecule has 172 valence electrons. The molecule has 34 heavy (non-hydrogen) atoms. The molecule has 2 atom stereocenters. The Morgan fingerprint density at radius 2 is 1.15 bits per heavy atom. The number of benzene rings is 4. The van der Waals surface area contributed by atoms with Gasteiger partial charge in [-0.1, -0.05) is 108 Å². The van der Waals surface area contributed by atoms with Gasteiger partial charge < -0.3 is 5.73 Å². The third-order valence-electron chi connectivity index (χ3n) is 5.33. The van der Waals surface area contributed by atoms with Gasteiger partial charge in [0, 0.05) is 16.1 Å². The highest BCUT2D eigenvalue weighted by atomic mass is 35.5. The predicted octanol–water partition coefficient (Wildman–Crippen LogP) is 8.31. The Morgan fingerprint density at radius 3 is 1.71 bits per heavy atom. The zero-order valence-electron chi connectivity index (χ0n) is 18.6. The lowest BCUT2D eigenvalue weighted by atomic mass is 9.99. The van der Waals surface area contributed by atoms with Crippen molar-refractivity contribution in [1.29, 1.82) is 0 Å². The van der Waals surface area contributed by atoms with Crippen molar-refractivity contribution in [3.63, 3.8) is 0 Å². The topological polar surface area (TPSA) is 38.4 Å². The fourth-order valence-corrected chi connectivity index (χ4v) is 3.90. The summed E-state index contributed by atoms with van der Waals surface area (Å²) in [5.74, 6) is 0. The summed E-state index contributed by atoms with van der Waals surface area (Å²) in [6.45, 7) is 0. The zero-order valence-corrected chi connectivity index (χ0v) is 21.0. The van der Waals surface area contributed by atoms with Crippen molar-refractivity contribution in [3.05, 3.63) is 141 Å². The van der Waals surface area contributed by atoms with E-state index in [-0.39, 0.29) is 12.1 Å². The molecule has 5 heteroatoms. The van der Waals surface area contributed by atoms with Gasteiger partial charge >= 0.3 is 0 Å². The molecule has 0 radical (unpaired) electrons. The van der Waals surface area contributed by atoms with Crippen molar-refractivity contribution in [1.82, 2.24) is 0 Å². The first kappa shape index (κ1) is 25.8. The number of hydrogen-bond donors (Lipinski definition) is 1. The van der Waals surface area contributed by atoms with Gasteiger partial charge in [0.05, 0.1) is 11.2 Å². The van der Waals surface area contributed by atoms with Gasteiger partial charge in [-0.25, -0.2) is 4.99 Å². The van der Waals surface area contributed by atoms with Gasteiger partial charge in [0.15, 0.2) is 0 Å². The molecule has 4 rings (SSSR count). The molecule has 0 aliphatic carbocycles. The SMILES string of the molecule is NC(Cc1ccccc1)c1ccc(Cl)cc1.S=C=NC(Cc1ccc(Cl)cc1)c1ccccc1. The van der Waals surface area contributed by atoms with Crippen LogP contribution in [0.4, 0.5) is 0 Å².